The van der Waals surface area contributed by atoms with Crippen molar-refractivity contribution in [3.05, 3.63) is 59.7 Å². The van der Waals surface area contributed by atoms with Crippen LogP contribution >= 0.6 is 15.9 Å². The third-order valence-electron chi connectivity index (χ3n) is 3.90. The first kappa shape index (κ1) is 30.5. The number of carbonyl (C=O) groups excluding carboxylic acids is 2. The number of hydrogen-bond donors (Lipinski definition) is 1. The molecule has 0 atom stereocenters. The number of ether oxygens (including phenoxy) is 3. The van der Waals surface area contributed by atoms with Crippen molar-refractivity contribution in [1.29, 1.82) is 0 Å². The van der Waals surface area contributed by atoms with Gasteiger partial charge in [-0.1, -0.05) is 67.9 Å². The minimum absolute atomic E-state index is 0.198. The second-order valence-corrected chi connectivity index (χ2v) is 8.72. The molecule has 0 amide bonds. The van der Waals surface area contributed by atoms with Crippen molar-refractivity contribution in [3.63, 3.8) is 0 Å². The summed E-state index contributed by atoms with van der Waals surface area (Å²) in [6.07, 6.45) is 0.553. The average Bonchev–Trinajstić information content (AvgIpc) is 2.80. The number of carbonyl (C=O) groups is 2. The van der Waals surface area contributed by atoms with E-state index in [4.69, 9.17) is 9.84 Å². The quantitative estimate of drug-likeness (QED) is 0.358. The minimum atomic E-state index is -0.277. The van der Waals surface area contributed by atoms with Gasteiger partial charge in [-0.15, -0.1) is 0 Å². The summed E-state index contributed by atoms with van der Waals surface area (Å²) < 4.78 is 14.6. The number of aromatic hydroxyl groups is 1. The largest absolute Gasteiger partial charge is 0.508 e. The molecule has 33 heavy (non-hydrogen) atoms. The van der Waals surface area contributed by atoms with Crippen LogP contribution in [0.25, 0.3) is 0 Å². The summed E-state index contributed by atoms with van der Waals surface area (Å²) in [5.74, 6) is 1.84. The molecule has 2 aromatic carbocycles. The van der Waals surface area contributed by atoms with Gasteiger partial charge in [-0.05, 0) is 47.2 Å². The Balaban J connectivity index is 0.000000530. The number of halogens is 1. The van der Waals surface area contributed by atoms with E-state index in [9.17, 15) is 9.59 Å². The topological polar surface area (TPSA) is 82.1 Å². The second-order valence-electron chi connectivity index (χ2n) is 8.07. The van der Waals surface area contributed by atoms with E-state index in [1.807, 2.05) is 24.3 Å². The van der Waals surface area contributed by atoms with Crippen molar-refractivity contribution < 1.29 is 28.9 Å². The van der Waals surface area contributed by atoms with Crippen LogP contribution in [0.2, 0.25) is 0 Å². The van der Waals surface area contributed by atoms with Crippen molar-refractivity contribution in [2.45, 2.75) is 40.5 Å². The molecule has 0 aliphatic carbocycles. The summed E-state index contributed by atoms with van der Waals surface area (Å²) >= 11 is 3.31. The van der Waals surface area contributed by atoms with Gasteiger partial charge in [0.05, 0.1) is 33.7 Å². The Hall–Kier alpha value is -2.54. The molecular weight excluding hydrogens is 488 g/mol. The Morgan fingerprint density at radius 2 is 1.18 bits per heavy atom. The first-order valence-corrected chi connectivity index (χ1v) is 11.9. The van der Waals surface area contributed by atoms with Crippen LogP contribution in [0.3, 0.4) is 0 Å². The summed E-state index contributed by atoms with van der Waals surface area (Å²) in [7, 11) is 2.74. The van der Waals surface area contributed by atoms with E-state index in [1.165, 1.54) is 26.4 Å². The summed E-state index contributed by atoms with van der Waals surface area (Å²) in [5, 5.41) is 10.0. The Morgan fingerprint density at radius 3 is 1.52 bits per heavy atom. The van der Waals surface area contributed by atoms with Gasteiger partial charge in [-0.3, -0.25) is 9.59 Å². The number of benzene rings is 2. The lowest BCUT2D eigenvalue weighted by Crippen LogP contribution is -2.06. The van der Waals surface area contributed by atoms with Crippen molar-refractivity contribution in [3.8, 4) is 11.5 Å². The number of esters is 2. The van der Waals surface area contributed by atoms with Gasteiger partial charge in [0.25, 0.3) is 0 Å². The van der Waals surface area contributed by atoms with E-state index in [1.54, 1.807) is 12.1 Å². The standard InChI is InChI=1S/C13H18O3.C9H10O3.C4H9Br/c1-10(2)9-16-12-6-4-11(5-7-12)8-13(14)15-3;1-12-9(11)6-7-2-4-8(10)5-3-7;1-4(2)3-5/h4-7,10H,8-9H2,1-3H3;2-5,10H,6H2,1H3;4H,3H2,1-2H3. The lowest BCUT2D eigenvalue weighted by Gasteiger charge is -2.08. The number of rotatable bonds is 8. The first-order valence-electron chi connectivity index (χ1n) is 10.8. The highest BCUT2D eigenvalue weighted by Crippen LogP contribution is 2.14. The number of phenols is 1. The fraction of sp³-hybridized carbons (Fsp3) is 0.462. The molecule has 0 fully saturated rings. The maximum Gasteiger partial charge on any atom is 0.309 e. The van der Waals surface area contributed by atoms with E-state index >= 15 is 0 Å². The van der Waals surface area contributed by atoms with Crippen molar-refractivity contribution in [2.75, 3.05) is 26.2 Å². The number of hydrogen-bond acceptors (Lipinski definition) is 6. The Labute approximate surface area is 206 Å². The van der Waals surface area contributed by atoms with E-state index < -0.39 is 0 Å². The highest BCUT2D eigenvalue weighted by atomic mass is 79.9. The normalized spacial score (nSPS) is 9.85. The van der Waals surface area contributed by atoms with Crippen LogP contribution in [0.4, 0.5) is 0 Å². The van der Waals surface area contributed by atoms with Crippen LogP contribution in [0, 0.1) is 11.8 Å². The predicted octanol–water partition coefficient (Wildman–Crippen LogP) is 5.58. The molecule has 0 saturated heterocycles. The maximum absolute atomic E-state index is 11.0. The SMILES string of the molecule is CC(C)CBr.COC(=O)Cc1ccc(O)cc1.COC(=O)Cc1ccc(OCC(C)C)cc1. The number of phenolic OH excluding ortho intramolecular Hbond substituents is 1. The molecular formula is C26H37BrO6. The van der Waals surface area contributed by atoms with Crippen LogP contribution < -0.4 is 4.74 Å². The van der Waals surface area contributed by atoms with Crippen LogP contribution in [0.5, 0.6) is 11.5 Å². The smallest absolute Gasteiger partial charge is 0.309 e. The third-order valence-corrected chi connectivity index (χ3v) is 5.20. The fourth-order valence-electron chi connectivity index (χ4n) is 2.06. The summed E-state index contributed by atoms with van der Waals surface area (Å²) in [6.45, 7) is 9.26. The van der Waals surface area contributed by atoms with Crippen LogP contribution in [-0.2, 0) is 31.9 Å². The molecule has 7 heteroatoms. The third kappa shape index (κ3) is 16.7. The molecule has 0 spiro atoms. The number of methoxy groups -OCH3 is 2. The molecule has 0 aliphatic rings. The minimum Gasteiger partial charge on any atom is -0.508 e. The van der Waals surface area contributed by atoms with Crippen molar-refractivity contribution >= 4 is 27.9 Å². The molecule has 6 nitrogen and oxygen atoms in total. The van der Waals surface area contributed by atoms with Gasteiger partial charge in [0, 0.05) is 5.33 Å². The zero-order chi connectivity index (χ0) is 25.2. The molecule has 0 aromatic heterocycles. The Morgan fingerprint density at radius 1 is 0.788 bits per heavy atom. The molecule has 0 heterocycles. The molecule has 0 saturated carbocycles. The molecule has 2 rings (SSSR count). The van der Waals surface area contributed by atoms with Crippen molar-refractivity contribution in [1.82, 2.24) is 0 Å². The highest BCUT2D eigenvalue weighted by Gasteiger charge is 2.03. The van der Waals surface area contributed by atoms with E-state index in [-0.39, 0.29) is 24.1 Å². The lowest BCUT2D eigenvalue weighted by molar-refractivity contribution is -0.140. The molecule has 1 N–H and O–H groups in total. The molecule has 2 aromatic rings. The van der Waals surface area contributed by atoms with Crippen LogP contribution in [-0.4, -0.2) is 43.2 Å². The summed E-state index contributed by atoms with van der Waals surface area (Å²) in [5.41, 5.74) is 1.77. The van der Waals surface area contributed by atoms with Crippen LogP contribution in [0.15, 0.2) is 48.5 Å². The van der Waals surface area contributed by atoms with Gasteiger partial charge in [0.1, 0.15) is 11.5 Å². The summed E-state index contributed by atoms with van der Waals surface area (Å²) in [4.78, 5) is 21.8. The first-order chi connectivity index (χ1) is 15.6. The predicted molar refractivity (Wildman–Crippen MR) is 135 cm³/mol. The monoisotopic (exact) mass is 524 g/mol. The zero-order valence-corrected chi connectivity index (χ0v) is 22.1. The molecule has 0 radical (unpaired) electrons. The number of alkyl halides is 1. The van der Waals surface area contributed by atoms with E-state index in [2.05, 4.69) is 53.1 Å². The Bertz CT molecular complexity index is 785. The van der Waals surface area contributed by atoms with Gasteiger partial charge in [0.2, 0.25) is 0 Å². The molecule has 0 unspecified atom stereocenters. The van der Waals surface area contributed by atoms with E-state index in [0.29, 0.717) is 18.9 Å². The average molecular weight is 525 g/mol. The lowest BCUT2D eigenvalue weighted by atomic mass is 10.1. The summed E-state index contributed by atoms with van der Waals surface area (Å²) in [6, 6.07) is 14.0. The Kier molecular flexibility index (Phi) is 16.6. The van der Waals surface area contributed by atoms with Gasteiger partial charge in [0.15, 0.2) is 0 Å². The van der Waals surface area contributed by atoms with Crippen LogP contribution in [0.1, 0.15) is 38.8 Å². The van der Waals surface area contributed by atoms with E-state index in [0.717, 1.165) is 28.1 Å². The van der Waals surface area contributed by atoms with Gasteiger partial charge < -0.3 is 19.3 Å². The van der Waals surface area contributed by atoms with Gasteiger partial charge in [-0.2, -0.15) is 0 Å². The van der Waals surface area contributed by atoms with Gasteiger partial charge in [-0.25, -0.2) is 0 Å². The van der Waals surface area contributed by atoms with Gasteiger partial charge >= 0.3 is 11.9 Å². The molecule has 184 valence electrons. The zero-order valence-electron chi connectivity index (χ0n) is 20.5. The maximum atomic E-state index is 11.0. The van der Waals surface area contributed by atoms with Crippen molar-refractivity contribution in [2.24, 2.45) is 11.8 Å². The molecule has 0 bridgehead atoms. The fourth-order valence-corrected chi connectivity index (χ4v) is 2.06. The highest BCUT2D eigenvalue weighted by molar-refractivity contribution is 9.09. The second kappa shape index (κ2) is 18.0. The molecule has 0 aliphatic heterocycles.